The first kappa shape index (κ1) is 18.7. The first-order chi connectivity index (χ1) is 12.6. The van der Waals surface area contributed by atoms with Crippen molar-refractivity contribution in [3.05, 3.63) is 29.8 Å². The lowest BCUT2D eigenvalue weighted by atomic mass is 10.1. The van der Waals surface area contributed by atoms with Crippen LogP contribution in [0.1, 0.15) is 44.1 Å². The summed E-state index contributed by atoms with van der Waals surface area (Å²) in [5.41, 5.74) is 1.08. The zero-order chi connectivity index (χ0) is 18.4. The average molecular weight is 359 g/mol. The van der Waals surface area contributed by atoms with Gasteiger partial charge in [-0.1, -0.05) is 25.0 Å². The lowest BCUT2D eigenvalue weighted by Crippen LogP contribution is -2.48. The van der Waals surface area contributed by atoms with Crippen molar-refractivity contribution < 1.29 is 14.7 Å². The molecule has 1 aliphatic carbocycles. The number of carbonyl (C=O) groups is 2. The normalized spacial score (nSPS) is 18.8. The van der Waals surface area contributed by atoms with Gasteiger partial charge in [-0.2, -0.15) is 0 Å². The number of hydrogen-bond acceptors (Lipinski definition) is 4. The molecule has 1 saturated carbocycles. The molecule has 1 heterocycles. The number of rotatable bonds is 6. The molecule has 1 aromatic carbocycles. The monoisotopic (exact) mass is 359 g/mol. The first-order valence-electron chi connectivity index (χ1n) is 9.67. The quantitative estimate of drug-likeness (QED) is 0.813. The smallest absolute Gasteiger partial charge is 0.223 e. The minimum absolute atomic E-state index is 0.00720. The molecule has 0 atom stereocenters. The molecule has 0 aromatic heterocycles. The highest BCUT2D eigenvalue weighted by atomic mass is 16.3. The SMILES string of the molecule is O=C(CCC(=O)N1CCN(Cc2cccc(O)c2)CC1)NC1CCCC1. The molecule has 26 heavy (non-hydrogen) atoms. The molecule has 6 heteroatoms. The van der Waals surface area contributed by atoms with Gasteiger partial charge >= 0.3 is 0 Å². The molecule has 6 nitrogen and oxygen atoms in total. The second kappa shape index (κ2) is 9.03. The van der Waals surface area contributed by atoms with Crippen LogP contribution in [0.25, 0.3) is 0 Å². The van der Waals surface area contributed by atoms with E-state index in [2.05, 4.69) is 10.2 Å². The highest BCUT2D eigenvalue weighted by Gasteiger charge is 2.22. The van der Waals surface area contributed by atoms with E-state index in [0.29, 0.717) is 32.0 Å². The van der Waals surface area contributed by atoms with Crippen LogP contribution in [-0.2, 0) is 16.1 Å². The van der Waals surface area contributed by atoms with Crippen LogP contribution in [-0.4, -0.2) is 58.9 Å². The molecule has 2 N–H and O–H groups in total. The molecule has 2 amide bonds. The van der Waals surface area contributed by atoms with Crippen molar-refractivity contribution in [2.75, 3.05) is 26.2 Å². The Labute approximate surface area is 155 Å². The van der Waals surface area contributed by atoms with Crippen LogP contribution in [0.5, 0.6) is 5.75 Å². The molecule has 0 unspecified atom stereocenters. The highest BCUT2D eigenvalue weighted by Crippen LogP contribution is 2.18. The largest absolute Gasteiger partial charge is 0.508 e. The molecule has 1 aromatic rings. The van der Waals surface area contributed by atoms with Gasteiger partial charge in [0.1, 0.15) is 5.75 Å². The van der Waals surface area contributed by atoms with Gasteiger partial charge in [0.2, 0.25) is 11.8 Å². The summed E-state index contributed by atoms with van der Waals surface area (Å²) < 4.78 is 0. The predicted octanol–water partition coefficient (Wildman–Crippen LogP) is 1.88. The first-order valence-corrected chi connectivity index (χ1v) is 9.67. The molecule has 142 valence electrons. The topological polar surface area (TPSA) is 72.9 Å². The fourth-order valence-electron chi connectivity index (χ4n) is 3.82. The standard InChI is InChI=1S/C20H29N3O3/c24-18-7-3-4-16(14-18)15-22-10-12-23(13-11-22)20(26)9-8-19(25)21-17-5-1-2-6-17/h3-4,7,14,17,24H,1-2,5-6,8-13,15H2,(H,21,25). The molecular weight excluding hydrogens is 330 g/mol. The van der Waals surface area contributed by atoms with Gasteiger partial charge in [0.25, 0.3) is 0 Å². The maximum atomic E-state index is 12.3. The number of amides is 2. The van der Waals surface area contributed by atoms with Gasteiger partial charge in [0, 0.05) is 51.6 Å². The van der Waals surface area contributed by atoms with Gasteiger partial charge in [-0.3, -0.25) is 14.5 Å². The van der Waals surface area contributed by atoms with Crippen molar-refractivity contribution in [1.29, 1.82) is 0 Å². The minimum atomic E-state index is 0.00720. The number of nitrogens with one attached hydrogen (secondary N) is 1. The number of benzene rings is 1. The van der Waals surface area contributed by atoms with Gasteiger partial charge in [0.05, 0.1) is 0 Å². The second-order valence-corrected chi connectivity index (χ2v) is 7.38. The Hall–Kier alpha value is -2.08. The Bertz CT molecular complexity index is 620. The lowest BCUT2D eigenvalue weighted by molar-refractivity contribution is -0.135. The van der Waals surface area contributed by atoms with Crippen molar-refractivity contribution in [2.24, 2.45) is 0 Å². The van der Waals surface area contributed by atoms with Gasteiger partial charge in [-0.25, -0.2) is 0 Å². The third-order valence-electron chi connectivity index (χ3n) is 5.33. The Kier molecular flexibility index (Phi) is 6.50. The van der Waals surface area contributed by atoms with Crippen LogP contribution in [0.15, 0.2) is 24.3 Å². The van der Waals surface area contributed by atoms with Crippen LogP contribution >= 0.6 is 0 Å². The number of carbonyl (C=O) groups excluding carboxylic acids is 2. The van der Waals surface area contributed by atoms with E-state index >= 15 is 0 Å². The van der Waals surface area contributed by atoms with Gasteiger partial charge in [-0.15, -0.1) is 0 Å². The van der Waals surface area contributed by atoms with Crippen LogP contribution in [0, 0.1) is 0 Å². The third kappa shape index (κ3) is 5.46. The Morgan fingerprint density at radius 3 is 2.50 bits per heavy atom. The molecule has 1 aliphatic heterocycles. The summed E-state index contributed by atoms with van der Waals surface area (Å²) in [6.45, 7) is 3.80. The van der Waals surface area contributed by atoms with Crippen molar-refractivity contribution in [2.45, 2.75) is 51.1 Å². The number of aromatic hydroxyl groups is 1. The van der Waals surface area contributed by atoms with E-state index in [0.717, 1.165) is 38.0 Å². The van der Waals surface area contributed by atoms with Crippen molar-refractivity contribution in [3.8, 4) is 5.75 Å². The molecule has 0 radical (unpaired) electrons. The van der Waals surface area contributed by atoms with Crippen molar-refractivity contribution in [3.63, 3.8) is 0 Å². The molecule has 3 rings (SSSR count). The fourth-order valence-corrected chi connectivity index (χ4v) is 3.82. The van der Waals surface area contributed by atoms with E-state index in [9.17, 15) is 14.7 Å². The number of phenolic OH excluding ortho intramolecular Hbond substituents is 1. The Morgan fingerprint density at radius 1 is 1.08 bits per heavy atom. The molecule has 2 aliphatic rings. The van der Waals surface area contributed by atoms with E-state index in [1.165, 1.54) is 12.8 Å². The van der Waals surface area contributed by atoms with E-state index in [1.807, 2.05) is 17.0 Å². The summed E-state index contributed by atoms with van der Waals surface area (Å²) in [6, 6.07) is 7.61. The summed E-state index contributed by atoms with van der Waals surface area (Å²) in [7, 11) is 0. The fraction of sp³-hybridized carbons (Fsp3) is 0.600. The van der Waals surface area contributed by atoms with Crippen LogP contribution < -0.4 is 5.32 Å². The molecule has 1 saturated heterocycles. The summed E-state index contributed by atoms with van der Waals surface area (Å²) in [4.78, 5) is 28.4. The minimum Gasteiger partial charge on any atom is -0.508 e. The van der Waals surface area contributed by atoms with E-state index in [4.69, 9.17) is 0 Å². The molecular formula is C20H29N3O3. The highest BCUT2D eigenvalue weighted by molar-refractivity contribution is 5.84. The Morgan fingerprint density at radius 2 is 1.81 bits per heavy atom. The van der Waals surface area contributed by atoms with Crippen molar-refractivity contribution >= 4 is 11.8 Å². The second-order valence-electron chi connectivity index (χ2n) is 7.38. The van der Waals surface area contributed by atoms with Crippen molar-refractivity contribution in [1.82, 2.24) is 15.1 Å². The maximum absolute atomic E-state index is 12.3. The zero-order valence-corrected chi connectivity index (χ0v) is 15.3. The average Bonchev–Trinajstić information content (AvgIpc) is 3.13. The summed E-state index contributed by atoms with van der Waals surface area (Å²) >= 11 is 0. The number of piperazine rings is 1. The van der Waals surface area contributed by atoms with Gasteiger partial charge in [0.15, 0.2) is 0 Å². The maximum Gasteiger partial charge on any atom is 0.223 e. The zero-order valence-electron chi connectivity index (χ0n) is 15.3. The molecule has 0 spiro atoms. The van der Waals surface area contributed by atoms with E-state index in [1.54, 1.807) is 12.1 Å². The van der Waals surface area contributed by atoms with E-state index in [-0.39, 0.29) is 17.6 Å². The number of hydrogen-bond donors (Lipinski definition) is 2. The third-order valence-corrected chi connectivity index (χ3v) is 5.33. The van der Waals surface area contributed by atoms with E-state index < -0.39 is 0 Å². The summed E-state index contributed by atoms with van der Waals surface area (Å²) in [5.74, 6) is 0.364. The number of nitrogens with zero attached hydrogens (tertiary/aromatic N) is 2. The summed E-state index contributed by atoms with van der Waals surface area (Å²) in [6.07, 6.45) is 5.11. The Balaban J connectivity index is 1.35. The summed E-state index contributed by atoms with van der Waals surface area (Å²) in [5, 5.41) is 12.6. The molecule has 2 fully saturated rings. The lowest BCUT2D eigenvalue weighted by Gasteiger charge is -2.34. The van der Waals surface area contributed by atoms with Crippen LogP contribution in [0.2, 0.25) is 0 Å². The van der Waals surface area contributed by atoms with Crippen LogP contribution in [0.3, 0.4) is 0 Å². The van der Waals surface area contributed by atoms with Gasteiger partial charge in [-0.05, 0) is 30.5 Å². The predicted molar refractivity (Wildman–Crippen MR) is 99.6 cm³/mol. The number of phenols is 1. The molecule has 0 bridgehead atoms. The van der Waals surface area contributed by atoms with Crippen LogP contribution in [0.4, 0.5) is 0 Å². The van der Waals surface area contributed by atoms with Gasteiger partial charge < -0.3 is 15.3 Å².